The smallest absolute Gasteiger partial charge is 0.352 e. The summed E-state index contributed by atoms with van der Waals surface area (Å²) in [5.41, 5.74) is -3.56. The van der Waals surface area contributed by atoms with Gasteiger partial charge in [0.25, 0.3) is 0 Å². The Bertz CT molecular complexity index is 226. The molecule has 0 bridgehead atoms. The first kappa shape index (κ1) is 12.9. The average molecular weight is 213 g/mol. The van der Waals surface area contributed by atoms with Crippen molar-refractivity contribution < 1.29 is 22.4 Å². The van der Waals surface area contributed by atoms with E-state index in [1.54, 1.807) is 0 Å². The highest BCUT2D eigenvalue weighted by atomic mass is 19.4. The third-order valence-electron chi connectivity index (χ3n) is 1.66. The standard InChI is InChI=1S/C8H11F4NO/c1-3-6(14)13-5-7(9,4-2)8(10,11)12/h4H,2-3,5H2,1H3,(H,13,14). The van der Waals surface area contributed by atoms with E-state index in [1.165, 1.54) is 6.92 Å². The van der Waals surface area contributed by atoms with E-state index >= 15 is 0 Å². The van der Waals surface area contributed by atoms with Gasteiger partial charge in [-0.05, 0) is 6.08 Å². The van der Waals surface area contributed by atoms with Crippen molar-refractivity contribution in [1.82, 2.24) is 5.32 Å². The fraction of sp³-hybridized carbons (Fsp3) is 0.625. The summed E-state index contributed by atoms with van der Waals surface area (Å²) in [6.07, 6.45) is -4.91. The summed E-state index contributed by atoms with van der Waals surface area (Å²) >= 11 is 0. The number of rotatable bonds is 4. The van der Waals surface area contributed by atoms with Crippen LogP contribution in [0.4, 0.5) is 17.6 Å². The number of carbonyl (C=O) groups excluding carboxylic acids is 1. The molecule has 0 spiro atoms. The molecule has 1 amide bonds. The highest BCUT2D eigenvalue weighted by Crippen LogP contribution is 2.34. The zero-order valence-corrected chi connectivity index (χ0v) is 7.62. The Labute approximate surface area is 79.0 Å². The van der Waals surface area contributed by atoms with Gasteiger partial charge in [-0.25, -0.2) is 4.39 Å². The molecule has 0 radical (unpaired) electrons. The minimum atomic E-state index is -5.06. The van der Waals surface area contributed by atoms with Crippen LogP contribution in [-0.4, -0.2) is 24.3 Å². The van der Waals surface area contributed by atoms with Crippen LogP contribution < -0.4 is 5.32 Å². The summed E-state index contributed by atoms with van der Waals surface area (Å²) < 4.78 is 49.3. The minimum absolute atomic E-state index is 0.00504. The fourth-order valence-corrected chi connectivity index (χ4v) is 0.640. The molecule has 0 heterocycles. The number of carbonyl (C=O) groups is 1. The van der Waals surface area contributed by atoms with E-state index < -0.39 is 24.3 Å². The Morgan fingerprint density at radius 2 is 1.93 bits per heavy atom. The Balaban J connectivity index is 4.42. The van der Waals surface area contributed by atoms with Crippen LogP contribution in [0.2, 0.25) is 0 Å². The number of alkyl halides is 4. The molecular formula is C8H11F4NO. The topological polar surface area (TPSA) is 29.1 Å². The van der Waals surface area contributed by atoms with Crippen LogP contribution in [0.5, 0.6) is 0 Å². The zero-order valence-electron chi connectivity index (χ0n) is 7.62. The lowest BCUT2D eigenvalue weighted by Gasteiger charge is -2.24. The van der Waals surface area contributed by atoms with Crippen LogP contribution in [0.15, 0.2) is 12.7 Å². The average Bonchev–Trinajstić information content (AvgIpc) is 2.11. The second-order valence-corrected chi connectivity index (χ2v) is 2.69. The van der Waals surface area contributed by atoms with Crippen molar-refractivity contribution in [2.24, 2.45) is 0 Å². The van der Waals surface area contributed by atoms with E-state index in [0.717, 1.165) is 0 Å². The number of halogens is 4. The predicted molar refractivity (Wildman–Crippen MR) is 43.4 cm³/mol. The summed E-state index contributed by atoms with van der Waals surface area (Å²) in [5, 5.41) is 1.83. The van der Waals surface area contributed by atoms with Crippen molar-refractivity contribution in [2.45, 2.75) is 25.2 Å². The molecule has 0 aliphatic carbocycles. The Morgan fingerprint density at radius 3 is 2.21 bits per heavy atom. The first-order valence-electron chi connectivity index (χ1n) is 3.92. The van der Waals surface area contributed by atoms with Crippen molar-refractivity contribution in [3.8, 4) is 0 Å². The quantitative estimate of drug-likeness (QED) is 0.561. The monoisotopic (exact) mass is 213 g/mol. The van der Waals surface area contributed by atoms with Crippen molar-refractivity contribution in [3.63, 3.8) is 0 Å². The summed E-state index contributed by atoms with van der Waals surface area (Å²) in [7, 11) is 0. The lowest BCUT2D eigenvalue weighted by molar-refractivity contribution is -0.209. The van der Waals surface area contributed by atoms with E-state index in [1.807, 2.05) is 5.32 Å². The van der Waals surface area contributed by atoms with Crippen LogP contribution in [0.1, 0.15) is 13.3 Å². The van der Waals surface area contributed by atoms with Gasteiger partial charge < -0.3 is 5.32 Å². The predicted octanol–water partition coefficient (Wildman–Crippen LogP) is 1.97. The Hall–Kier alpha value is -1.07. The highest BCUT2D eigenvalue weighted by molar-refractivity contribution is 5.75. The maximum Gasteiger partial charge on any atom is 0.427 e. The molecule has 0 aliphatic heterocycles. The van der Waals surface area contributed by atoms with Gasteiger partial charge in [0.15, 0.2) is 0 Å². The van der Waals surface area contributed by atoms with Crippen molar-refractivity contribution in [2.75, 3.05) is 6.54 Å². The minimum Gasteiger partial charge on any atom is -0.352 e. The summed E-state index contributed by atoms with van der Waals surface area (Å²) in [5.74, 6) is -0.641. The number of hydrogen-bond donors (Lipinski definition) is 1. The highest BCUT2D eigenvalue weighted by Gasteiger charge is 2.53. The molecule has 1 N–H and O–H groups in total. The van der Waals surface area contributed by atoms with E-state index in [2.05, 4.69) is 6.58 Å². The lowest BCUT2D eigenvalue weighted by Crippen LogP contribution is -2.48. The van der Waals surface area contributed by atoms with Gasteiger partial charge in [-0.1, -0.05) is 13.5 Å². The Kier molecular flexibility index (Phi) is 4.09. The number of amides is 1. The van der Waals surface area contributed by atoms with Gasteiger partial charge in [-0.2, -0.15) is 13.2 Å². The molecule has 0 saturated carbocycles. The maximum atomic E-state index is 13.1. The van der Waals surface area contributed by atoms with Crippen molar-refractivity contribution in [1.29, 1.82) is 0 Å². The van der Waals surface area contributed by atoms with E-state index in [-0.39, 0.29) is 12.5 Å². The molecule has 1 unspecified atom stereocenters. The largest absolute Gasteiger partial charge is 0.427 e. The van der Waals surface area contributed by atoms with Crippen LogP contribution in [0, 0.1) is 0 Å². The van der Waals surface area contributed by atoms with E-state index in [4.69, 9.17) is 0 Å². The Morgan fingerprint density at radius 1 is 1.43 bits per heavy atom. The van der Waals surface area contributed by atoms with Crippen LogP contribution in [0.25, 0.3) is 0 Å². The number of hydrogen-bond acceptors (Lipinski definition) is 1. The second-order valence-electron chi connectivity index (χ2n) is 2.69. The summed E-state index contributed by atoms with van der Waals surface area (Å²) in [4.78, 5) is 10.6. The third-order valence-corrected chi connectivity index (χ3v) is 1.66. The fourth-order valence-electron chi connectivity index (χ4n) is 0.640. The molecule has 2 nitrogen and oxygen atoms in total. The van der Waals surface area contributed by atoms with Gasteiger partial charge in [-0.15, -0.1) is 0 Å². The van der Waals surface area contributed by atoms with Gasteiger partial charge in [0.2, 0.25) is 11.6 Å². The van der Waals surface area contributed by atoms with Crippen LogP contribution in [-0.2, 0) is 4.79 Å². The molecule has 0 fully saturated rings. The normalized spacial score (nSPS) is 15.8. The molecule has 6 heteroatoms. The SMILES string of the molecule is C=CC(F)(CNC(=O)CC)C(F)(F)F. The molecule has 14 heavy (non-hydrogen) atoms. The molecule has 1 atom stereocenters. The molecule has 0 aromatic rings. The van der Waals surface area contributed by atoms with Crippen LogP contribution >= 0.6 is 0 Å². The summed E-state index contributed by atoms with van der Waals surface area (Å²) in [6.45, 7) is 3.08. The summed E-state index contributed by atoms with van der Waals surface area (Å²) in [6, 6.07) is 0. The van der Waals surface area contributed by atoms with Gasteiger partial charge in [0.1, 0.15) is 0 Å². The van der Waals surface area contributed by atoms with Gasteiger partial charge >= 0.3 is 6.18 Å². The molecule has 0 aromatic carbocycles. The molecule has 0 aliphatic rings. The third kappa shape index (κ3) is 3.01. The van der Waals surface area contributed by atoms with Crippen LogP contribution in [0.3, 0.4) is 0 Å². The second kappa shape index (κ2) is 4.43. The maximum absolute atomic E-state index is 13.1. The van der Waals surface area contributed by atoms with Gasteiger partial charge in [0, 0.05) is 6.42 Å². The number of nitrogens with one attached hydrogen (secondary N) is 1. The molecule has 0 saturated heterocycles. The van der Waals surface area contributed by atoms with E-state index in [9.17, 15) is 22.4 Å². The van der Waals surface area contributed by atoms with E-state index in [0.29, 0.717) is 0 Å². The first-order chi connectivity index (χ1) is 6.27. The zero-order chi connectivity index (χ0) is 11.4. The van der Waals surface area contributed by atoms with Gasteiger partial charge in [-0.3, -0.25) is 4.79 Å². The first-order valence-corrected chi connectivity index (χ1v) is 3.92. The molecule has 82 valence electrons. The van der Waals surface area contributed by atoms with Crippen molar-refractivity contribution in [3.05, 3.63) is 12.7 Å². The lowest BCUT2D eigenvalue weighted by atomic mass is 10.1. The molecule has 0 rings (SSSR count). The van der Waals surface area contributed by atoms with Gasteiger partial charge in [0.05, 0.1) is 6.54 Å². The van der Waals surface area contributed by atoms with Crippen molar-refractivity contribution >= 4 is 5.91 Å². The molecular weight excluding hydrogens is 202 g/mol. The molecule has 0 aromatic heterocycles.